The molecule has 2 heterocycles. The van der Waals surface area contributed by atoms with Gasteiger partial charge >= 0.3 is 5.97 Å². The number of fused-ring (bicyclic) bond motifs is 3. The largest absolute Gasteiger partial charge is 0.493 e. The predicted octanol–water partition coefficient (Wildman–Crippen LogP) is 3.14. The summed E-state index contributed by atoms with van der Waals surface area (Å²) in [7, 11) is 4.71. The van der Waals surface area contributed by atoms with Crippen molar-refractivity contribution in [1.82, 2.24) is 0 Å². The predicted molar refractivity (Wildman–Crippen MR) is 103 cm³/mol. The van der Waals surface area contributed by atoms with Gasteiger partial charge in [-0.3, -0.25) is 4.79 Å². The number of esters is 1. The summed E-state index contributed by atoms with van der Waals surface area (Å²) in [6, 6.07) is 7.67. The van der Waals surface area contributed by atoms with Gasteiger partial charge in [-0.1, -0.05) is 6.08 Å². The number of benzene rings is 2. The van der Waals surface area contributed by atoms with Crippen LogP contribution in [-0.2, 0) is 9.53 Å². The third kappa shape index (κ3) is 2.61. The summed E-state index contributed by atoms with van der Waals surface area (Å²) in [5, 5.41) is 0. The molecule has 0 unspecified atom stereocenters. The number of rotatable bonds is 4. The van der Waals surface area contributed by atoms with E-state index in [1.807, 2.05) is 30.3 Å². The normalized spacial score (nSPS) is 21.1. The summed E-state index contributed by atoms with van der Waals surface area (Å²) in [6.07, 6.45) is 2.02. The van der Waals surface area contributed by atoms with E-state index >= 15 is 0 Å². The molecule has 3 aliphatic rings. The molecule has 0 radical (unpaired) electrons. The van der Waals surface area contributed by atoms with Crippen LogP contribution in [0, 0.1) is 5.92 Å². The average molecular weight is 396 g/mol. The zero-order valence-electron chi connectivity index (χ0n) is 16.3. The quantitative estimate of drug-likeness (QED) is 0.735. The van der Waals surface area contributed by atoms with Gasteiger partial charge in [-0.2, -0.15) is 0 Å². The zero-order chi connectivity index (χ0) is 20.1. The molecular formula is C22H20O7. The molecule has 7 nitrogen and oxygen atoms in total. The molecule has 1 fully saturated rings. The molecule has 2 aliphatic heterocycles. The highest BCUT2D eigenvalue weighted by atomic mass is 16.7. The first kappa shape index (κ1) is 17.7. The molecule has 0 amide bonds. The van der Waals surface area contributed by atoms with Crippen LogP contribution >= 0.6 is 0 Å². The van der Waals surface area contributed by atoms with Gasteiger partial charge < -0.3 is 28.4 Å². The first-order valence-corrected chi connectivity index (χ1v) is 9.25. The minimum Gasteiger partial charge on any atom is -0.493 e. The Bertz CT molecular complexity index is 1010. The van der Waals surface area contributed by atoms with Gasteiger partial charge in [0.1, 0.15) is 6.61 Å². The number of hydrogen-bond donors (Lipinski definition) is 0. The molecule has 29 heavy (non-hydrogen) atoms. The van der Waals surface area contributed by atoms with Crippen LogP contribution in [0.4, 0.5) is 0 Å². The molecular weight excluding hydrogens is 376 g/mol. The summed E-state index contributed by atoms with van der Waals surface area (Å²) in [6.45, 7) is 0.480. The van der Waals surface area contributed by atoms with Crippen molar-refractivity contribution >= 4 is 12.0 Å². The van der Waals surface area contributed by atoms with E-state index in [9.17, 15) is 4.79 Å². The van der Waals surface area contributed by atoms with Crippen LogP contribution in [0.2, 0.25) is 0 Å². The number of methoxy groups -OCH3 is 3. The van der Waals surface area contributed by atoms with E-state index in [0.29, 0.717) is 28.7 Å². The van der Waals surface area contributed by atoms with Crippen molar-refractivity contribution in [3.8, 4) is 28.7 Å². The van der Waals surface area contributed by atoms with Crippen LogP contribution in [-0.4, -0.2) is 40.7 Å². The molecule has 1 saturated heterocycles. The van der Waals surface area contributed by atoms with Crippen LogP contribution < -0.4 is 23.7 Å². The van der Waals surface area contributed by atoms with Crippen molar-refractivity contribution in [3.05, 3.63) is 46.5 Å². The molecule has 0 aromatic heterocycles. The van der Waals surface area contributed by atoms with Crippen molar-refractivity contribution in [2.75, 3.05) is 34.7 Å². The molecule has 0 N–H and O–H groups in total. The lowest BCUT2D eigenvalue weighted by Crippen LogP contribution is -2.24. The van der Waals surface area contributed by atoms with Crippen LogP contribution in [0.15, 0.2) is 29.8 Å². The van der Waals surface area contributed by atoms with Crippen LogP contribution in [0.25, 0.3) is 6.08 Å². The standard InChI is InChI=1S/C22H20O7/c1-24-17-6-12(7-18(25-2)21(17)26-3)19-14-8-16-15(28-10-29-16)5-11(14)4-13-9-27-22(23)20(13)19/h4-8,19-20H,9-10H2,1-3H3/t19-,20-/m1/s1. The molecule has 0 spiro atoms. The van der Waals surface area contributed by atoms with Gasteiger partial charge in [0.25, 0.3) is 0 Å². The van der Waals surface area contributed by atoms with Gasteiger partial charge in [0.05, 0.1) is 27.2 Å². The van der Waals surface area contributed by atoms with Crippen LogP contribution in [0.5, 0.6) is 28.7 Å². The van der Waals surface area contributed by atoms with Gasteiger partial charge in [0.2, 0.25) is 12.5 Å². The van der Waals surface area contributed by atoms with E-state index in [0.717, 1.165) is 22.3 Å². The number of ether oxygens (including phenoxy) is 6. The molecule has 2 atom stereocenters. The van der Waals surface area contributed by atoms with Crippen molar-refractivity contribution in [1.29, 1.82) is 0 Å². The molecule has 2 aromatic rings. The Morgan fingerprint density at radius 3 is 2.21 bits per heavy atom. The molecule has 150 valence electrons. The van der Waals surface area contributed by atoms with Crippen molar-refractivity contribution in [3.63, 3.8) is 0 Å². The van der Waals surface area contributed by atoms with Crippen molar-refractivity contribution < 1.29 is 33.2 Å². The van der Waals surface area contributed by atoms with E-state index in [1.165, 1.54) is 0 Å². The Morgan fingerprint density at radius 2 is 1.55 bits per heavy atom. The van der Waals surface area contributed by atoms with Gasteiger partial charge in [-0.05, 0) is 46.5 Å². The average Bonchev–Trinajstić information content (AvgIpc) is 3.35. The summed E-state index contributed by atoms with van der Waals surface area (Å²) in [5.74, 6) is 2.02. The zero-order valence-corrected chi connectivity index (χ0v) is 16.3. The van der Waals surface area contributed by atoms with E-state index in [2.05, 4.69) is 0 Å². The van der Waals surface area contributed by atoms with E-state index in [4.69, 9.17) is 28.4 Å². The summed E-state index contributed by atoms with van der Waals surface area (Å²) in [5.41, 5.74) is 3.77. The highest BCUT2D eigenvalue weighted by molar-refractivity contribution is 5.86. The fraction of sp³-hybridized carbons (Fsp3) is 0.318. The van der Waals surface area contributed by atoms with Gasteiger partial charge in [0.15, 0.2) is 23.0 Å². The Morgan fingerprint density at radius 1 is 0.862 bits per heavy atom. The van der Waals surface area contributed by atoms with Gasteiger partial charge in [-0.15, -0.1) is 0 Å². The summed E-state index contributed by atoms with van der Waals surface area (Å²) < 4.78 is 33.0. The molecule has 0 bridgehead atoms. The van der Waals surface area contributed by atoms with Gasteiger partial charge in [-0.25, -0.2) is 0 Å². The Kier molecular flexibility index (Phi) is 4.04. The summed E-state index contributed by atoms with van der Waals surface area (Å²) in [4.78, 5) is 12.7. The van der Waals surface area contributed by atoms with Crippen molar-refractivity contribution in [2.24, 2.45) is 5.92 Å². The topological polar surface area (TPSA) is 72.5 Å². The maximum atomic E-state index is 12.7. The monoisotopic (exact) mass is 396 g/mol. The minimum absolute atomic E-state index is 0.190. The second kappa shape index (κ2) is 6.62. The van der Waals surface area contributed by atoms with Crippen molar-refractivity contribution in [2.45, 2.75) is 5.92 Å². The first-order valence-electron chi connectivity index (χ1n) is 9.25. The molecule has 7 heteroatoms. The molecule has 0 saturated carbocycles. The fourth-order valence-corrected chi connectivity index (χ4v) is 4.37. The molecule has 1 aliphatic carbocycles. The van der Waals surface area contributed by atoms with E-state index in [1.54, 1.807) is 21.3 Å². The second-order valence-corrected chi connectivity index (χ2v) is 7.08. The smallest absolute Gasteiger partial charge is 0.314 e. The molecule has 5 rings (SSSR count). The number of hydrogen-bond acceptors (Lipinski definition) is 7. The van der Waals surface area contributed by atoms with Gasteiger partial charge in [0, 0.05) is 5.92 Å². The van der Waals surface area contributed by atoms with E-state index < -0.39 is 5.92 Å². The lowest BCUT2D eigenvalue weighted by Gasteiger charge is -2.29. The Hall–Kier alpha value is -3.35. The fourth-order valence-electron chi connectivity index (χ4n) is 4.37. The maximum absolute atomic E-state index is 12.7. The Balaban J connectivity index is 1.73. The number of carbonyl (C=O) groups excluding carboxylic acids is 1. The first-order chi connectivity index (χ1) is 14.1. The number of carbonyl (C=O) groups is 1. The number of cyclic esters (lactones) is 1. The lowest BCUT2D eigenvalue weighted by molar-refractivity contribution is -0.141. The second-order valence-electron chi connectivity index (χ2n) is 7.08. The maximum Gasteiger partial charge on any atom is 0.314 e. The minimum atomic E-state index is -0.411. The summed E-state index contributed by atoms with van der Waals surface area (Å²) >= 11 is 0. The lowest BCUT2D eigenvalue weighted by atomic mass is 9.72. The van der Waals surface area contributed by atoms with E-state index in [-0.39, 0.29) is 25.3 Å². The Labute approximate surface area is 167 Å². The highest BCUT2D eigenvalue weighted by Crippen LogP contribution is 2.51. The van der Waals surface area contributed by atoms with Crippen LogP contribution in [0.3, 0.4) is 0 Å². The highest BCUT2D eigenvalue weighted by Gasteiger charge is 2.44. The third-order valence-corrected chi connectivity index (χ3v) is 5.67. The SMILES string of the molecule is COc1cc([C@@H]2c3cc4c(cc3C=C3COC(=O)[C@H]32)OCO4)cc(OC)c1OC. The molecule has 2 aromatic carbocycles. The third-order valence-electron chi connectivity index (χ3n) is 5.67. The van der Waals surface area contributed by atoms with Crippen LogP contribution in [0.1, 0.15) is 22.6 Å².